The summed E-state index contributed by atoms with van der Waals surface area (Å²) >= 11 is 0. The number of carbonyl (C=O) groups is 2. The highest BCUT2D eigenvalue weighted by Gasteiger charge is 2.27. The molecule has 2 amide bonds. The van der Waals surface area contributed by atoms with Crippen LogP contribution in [0.5, 0.6) is 0 Å². The van der Waals surface area contributed by atoms with Crippen LogP contribution in [0.15, 0.2) is 24.3 Å². The van der Waals surface area contributed by atoms with E-state index in [0.717, 1.165) is 18.5 Å². The van der Waals surface area contributed by atoms with Crippen LogP contribution in [-0.4, -0.2) is 41.6 Å². The molecule has 8 heteroatoms. The molecule has 0 saturated carbocycles. The molecule has 8 nitrogen and oxygen atoms in total. The number of hydrogen-bond donors (Lipinski definition) is 2. The minimum atomic E-state index is -0.376. The van der Waals surface area contributed by atoms with Crippen molar-refractivity contribution in [3.8, 4) is 6.07 Å². The van der Waals surface area contributed by atoms with Crippen molar-refractivity contribution < 1.29 is 14.3 Å². The summed E-state index contributed by atoms with van der Waals surface area (Å²) in [4.78, 5) is 29.5. The van der Waals surface area contributed by atoms with Gasteiger partial charge in [0.2, 0.25) is 0 Å². The summed E-state index contributed by atoms with van der Waals surface area (Å²) in [5, 5.41) is 14.4. The molecule has 27 heavy (non-hydrogen) atoms. The van der Waals surface area contributed by atoms with Crippen molar-refractivity contribution in [2.75, 3.05) is 25.6 Å². The standard InChI is InChI=1S/C19H21N5O3/c1-27-11-9-21-18(25)16-15-4-2-3-10-24(15)17(23-16)19(26)22-14-7-5-13(12-20)6-8-14/h5-8H,2-4,9-11H2,1H3,(H,21,25)(H,22,26). The molecule has 3 rings (SSSR count). The highest BCUT2D eigenvalue weighted by Crippen LogP contribution is 2.22. The third kappa shape index (κ3) is 4.15. The van der Waals surface area contributed by atoms with Crippen LogP contribution in [0.4, 0.5) is 5.69 Å². The van der Waals surface area contributed by atoms with Gasteiger partial charge in [-0.1, -0.05) is 0 Å². The van der Waals surface area contributed by atoms with Crippen LogP contribution in [0.1, 0.15) is 45.2 Å². The summed E-state index contributed by atoms with van der Waals surface area (Å²) in [6.45, 7) is 1.45. The van der Waals surface area contributed by atoms with Crippen LogP contribution in [0.25, 0.3) is 0 Å². The van der Waals surface area contributed by atoms with Crippen molar-refractivity contribution in [3.63, 3.8) is 0 Å². The molecule has 0 saturated heterocycles. The fourth-order valence-corrected chi connectivity index (χ4v) is 3.06. The fourth-order valence-electron chi connectivity index (χ4n) is 3.06. The zero-order valence-corrected chi connectivity index (χ0v) is 15.1. The minimum absolute atomic E-state index is 0.228. The van der Waals surface area contributed by atoms with Gasteiger partial charge in [0, 0.05) is 25.9 Å². The number of benzene rings is 1. The lowest BCUT2D eigenvalue weighted by molar-refractivity contribution is 0.0931. The largest absolute Gasteiger partial charge is 0.383 e. The first-order valence-electron chi connectivity index (χ1n) is 8.82. The number of nitriles is 1. The Hall–Kier alpha value is -3.18. The Labute approximate surface area is 157 Å². The lowest BCUT2D eigenvalue weighted by atomic mass is 10.1. The van der Waals surface area contributed by atoms with Crippen molar-refractivity contribution >= 4 is 17.5 Å². The molecule has 0 atom stereocenters. The smallest absolute Gasteiger partial charge is 0.291 e. The van der Waals surface area contributed by atoms with E-state index in [4.69, 9.17) is 10.00 Å². The van der Waals surface area contributed by atoms with Gasteiger partial charge in [0.25, 0.3) is 11.8 Å². The fraction of sp³-hybridized carbons (Fsp3) is 0.368. The maximum absolute atomic E-state index is 12.7. The Kier molecular flexibility index (Phi) is 5.84. The number of aromatic nitrogens is 2. The molecular weight excluding hydrogens is 346 g/mol. The van der Waals surface area contributed by atoms with Gasteiger partial charge >= 0.3 is 0 Å². The molecule has 2 N–H and O–H groups in total. The first-order valence-corrected chi connectivity index (χ1v) is 8.82. The molecule has 1 aliphatic rings. The van der Waals surface area contributed by atoms with Crippen molar-refractivity contribution in [3.05, 3.63) is 47.0 Å². The van der Waals surface area contributed by atoms with Crippen molar-refractivity contribution in [1.82, 2.24) is 14.9 Å². The number of amides is 2. The topological polar surface area (TPSA) is 109 Å². The number of fused-ring (bicyclic) bond motifs is 1. The number of anilines is 1. The number of nitrogens with one attached hydrogen (secondary N) is 2. The van der Waals surface area contributed by atoms with E-state index in [0.29, 0.717) is 43.1 Å². The van der Waals surface area contributed by atoms with Crippen LogP contribution in [-0.2, 0) is 17.7 Å². The molecule has 2 heterocycles. The van der Waals surface area contributed by atoms with Crippen LogP contribution >= 0.6 is 0 Å². The molecule has 0 spiro atoms. The predicted molar refractivity (Wildman–Crippen MR) is 98.5 cm³/mol. The molecule has 1 aliphatic heterocycles. The number of ether oxygens (including phenoxy) is 1. The summed E-state index contributed by atoms with van der Waals surface area (Å²) in [6, 6.07) is 8.62. The highest BCUT2D eigenvalue weighted by atomic mass is 16.5. The highest BCUT2D eigenvalue weighted by molar-refractivity contribution is 6.03. The van der Waals surface area contributed by atoms with Gasteiger partial charge in [0.05, 0.1) is 23.9 Å². The lowest BCUT2D eigenvalue weighted by Gasteiger charge is -2.17. The Balaban J connectivity index is 1.82. The monoisotopic (exact) mass is 367 g/mol. The molecule has 0 unspecified atom stereocenters. The van der Waals surface area contributed by atoms with Crippen LogP contribution < -0.4 is 10.6 Å². The van der Waals surface area contributed by atoms with Crippen LogP contribution in [0.3, 0.4) is 0 Å². The van der Waals surface area contributed by atoms with Crippen molar-refractivity contribution in [2.24, 2.45) is 0 Å². The SMILES string of the molecule is COCCNC(=O)c1nc(C(=O)Nc2ccc(C#N)cc2)n2c1CCCC2. The molecule has 0 bridgehead atoms. The average Bonchev–Trinajstić information content (AvgIpc) is 3.09. The Morgan fingerprint density at radius 3 is 2.74 bits per heavy atom. The summed E-state index contributed by atoms with van der Waals surface area (Å²) in [7, 11) is 1.57. The van der Waals surface area contributed by atoms with Crippen LogP contribution in [0, 0.1) is 11.3 Å². The summed E-state index contributed by atoms with van der Waals surface area (Å²) in [5.74, 6) is -0.445. The van der Waals surface area contributed by atoms with Crippen molar-refractivity contribution in [2.45, 2.75) is 25.8 Å². The van der Waals surface area contributed by atoms with Gasteiger partial charge in [-0.15, -0.1) is 0 Å². The number of methoxy groups -OCH3 is 1. The first kappa shape index (κ1) is 18.6. The molecule has 2 aromatic rings. The molecule has 0 fully saturated rings. The van der Waals surface area contributed by atoms with Gasteiger partial charge in [-0.05, 0) is 43.5 Å². The second kappa shape index (κ2) is 8.47. The van der Waals surface area contributed by atoms with E-state index in [1.54, 1.807) is 31.4 Å². The van der Waals surface area contributed by atoms with E-state index >= 15 is 0 Å². The summed E-state index contributed by atoms with van der Waals surface area (Å²) < 4.78 is 6.77. The number of rotatable bonds is 6. The van der Waals surface area contributed by atoms with Gasteiger partial charge in [-0.3, -0.25) is 9.59 Å². The zero-order valence-electron chi connectivity index (χ0n) is 15.1. The van der Waals surface area contributed by atoms with E-state index < -0.39 is 0 Å². The number of imidazole rings is 1. The van der Waals surface area contributed by atoms with Crippen molar-refractivity contribution in [1.29, 1.82) is 5.26 Å². The van der Waals surface area contributed by atoms with E-state index in [1.807, 2.05) is 10.6 Å². The van der Waals surface area contributed by atoms with Gasteiger partial charge in [0.15, 0.2) is 5.82 Å². The first-order chi connectivity index (χ1) is 13.1. The number of carbonyl (C=O) groups excluding carboxylic acids is 2. The maximum atomic E-state index is 12.7. The maximum Gasteiger partial charge on any atom is 0.291 e. The summed E-state index contributed by atoms with van der Waals surface area (Å²) in [5.41, 5.74) is 2.18. The van der Waals surface area contributed by atoms with E-state index in [2.05, 4.69) is 15.6 Å². The third-order valence-electron chi connectivity index (χ3n) is 4.40. The zero-order chi connectivity index (χ0) is 19.2. The molecule has 0 aliphatic carbocycles. The van der Waals surface area contributed by atoms with E-state index in [-0.39, 0.29) is 17.6 Å². The second-order valence-electron chi connectivity index (χ2n) is 6.23. The van der Waals surface area contributed by atoms with E-state index in [1.165, 1.54) is 0 Å². The molecule has 1 aromatic carbocycles. The summed E-state index contributed by atoms with van der Waals surface area (Å²) in [6.07, 6.45) is 2.61. The Bertz CT molecular complexity index is 880. The Morgan fingerprint density at radius 1 is 1.26 bits per heavy atom. The minimum Gasteiger partial charge on any atom is -0.383 e. The molecule has 0 radical (unpaired) electrons. The predicted octanol–water partition coefficient (Wildman–Crippen LogP) is 1.72. The quantitative estimate of drug-likeness (QED) is 0.756. The van der Waals surface area contributed by atoms with Gasteiger partial charge in [0.1, 0.15) is 5.69 Å². The molecule has 1 aromatic heterocycles. The van der Waals surface area contributed by atoms with Crippen LogP contribution in [0.2, 0.25) is 0 Å². The number of nitrogens with zero attached hydrogens (tertiary/aromatic N) is 3. The normalized spacial score (nSPS) is 12.7. The van der Waals surface area contributed by atoms with Gasteiger partial charge < -0.3 is 19.9 Å². The second-order valence-corrected chi connectivity index (χ2v) is 6.23. The molecule has 140 valence electrons. The average molecular weight is 367 g/mol. The Morgan fingerprint density at radius 2 is 2.04 bits per heavy atom. The number of hydrogen-bond acceptors (Lipinski definition) is 5. The van der Waals surface area contributed by atoms with Gasteiger partial charge in [-0.2, -0.15) is 5.26 Å². The lowest BCUT2D eigenvalue weighted by Crippen LogP contribution is -2.28. The third-order valence-corrected chi connectivity index (χ3v) is 4.40. The molecular formula is C19H21N5O3. The van der Waals surface area contributed by atoms with Gasteiger partial charge in [-0.25, -0.2) is 4.98 Å². The van der Waals surface area contributed by atoms with E-state index in [9.17, 15) is 9.59 Å².